The lowest BCUT2D eigenvalue weighted by molar-refractivity contribution is -0.140. The molecule has 3 heterocycles. The minimum atomic E-state index is -0.245. The Morgan fingerprint density at radius 3 is 2.92 bits per heavy atom. The van der Waals surface area contributed by atoms with Gasteiger partial charge in [-0.2, -0.15) is 0 Å². The van der Waals surface area contributed by atoms with Crippen LogP contribution >= 0.6 is 11.3 Å². The summed E-state index contributed by atoms with van der Waals surface area (Å²) in [5.74, 6) is 0.166. The van der Waals surface area contributed by atoms with Crippen molar-refractivity contribution in [2.24, 2.45) is 0 Å². The Bertz CT molecular complexity index is 543. The van der Waals surface area contributed by atoms with Gasteiger partial charge in [-0.3, -0.25) is 14.5 Å². The first kappa shape index (κ1) is 17.4. The number of carbonyl (C=O) groups is 2. The van der Waals surface area contributed by atoms with Crippen LogP contribution in [0.15, 0.2) is 17.5 Å². The Labute approximate surface area is 146 Å². The monoisotopic (exact) mass is 351 g/mol. The van der Waals surface area contributed by atoms with Gasteiger partial charge in [-0.25, -0.2) is 0 Å². The van der Waals surface area contributed by atoms with Gasteiger partial charge in [0.15, 0.2) is 0 Å². The van der Waals surface area contributed by atoms with Gasteiger partial charge < -0.3 is 15.0 Å². The number of nitrogens with one attached hydrogen (secondary N) is 1. The molecule has 132 valence electrons. The van der Waals surface area contributed by atoms with E-state index >= 15 is 0 Å². The van der Waals surface area contributed by atoms with Crippen LogP contribution in [0.1, 0.15) is 24.1 Å². The maximum absolute atomic E-state index is 12.4. The highest BCUT2D eigenvalue weighted by Gasteiger charge is 2.29. The summed E-state index contributed by atoms with van der Waals surface area (Å²) in [7, 11) is 0. The summed E-state index contributed by atoms with van der Waals surface area (Å²) >= 11 is 1.65. The Balaban J connectivity index is 1.41. The lowest BCUT2D eigenvalue weighted by Gasteiger charge is -2.24. The van der Waals surface area contributed by atoms with Crippen LogP contribution in [0.4, 0.5) is 0 Å². The van der Waals surface area contributed by atoms with Crippen LogP contribution < -0.4 is 5.32 Å². The van der Waals surface area contributed by atoms with Gasteiger partial charge in [-0.15, -0.1) is 11.3 Å². The van der Waals surface area contributed by atoms with E-state index in [0.717, 1.165) is 43.8 Å². The number of ether oxygens (including phenoxy) is 1. The van der Waals surface area contributed by atoms with E-state index in [2.05, 4.69) is 10.2 Å². The Kier molecular flexibility index (Phi) is 6.23. The van der Waals surface area contributed by atoms with Crippen molar-refractivity contribution in [3.8, 4) is 0 Å². The van der Waals surface area contributed by atoms with E-state index in [-0.39, 0.29) is 17.9 Å². The Hall–Kier alpha value is -1.44. The molecule has 0 bridgehead atoms. The van der Waals surface area contributed by atoms with Crippen LogP contribution in [0, 0.1) is 0 Å². The van der Waals surface area contributed by atoms with Crippen molar-refractivity contribution in [2.75, 3.05) is 39.3 Å². The van der Waals surface area contributed by atoms with E-state index in [4.69, 9.17) is 4.74 Å². The number of hydrogen-bond donors (Lipinski definition) is 1. The van der Waals surface area contributed by atoms with E-state index in [1.165, 1.54) is 0 Å². The molecular weight excluding hydrogens is 326 g/mol. The summed E-state index contributed by atoms with van der Waals surface area (Å²) in [5.41, 5.74) is 0. The number of thiophene rings is 1. The third-order valence-corrected chi connectivity index (χ3v) is 5.39. The SMILES string of the molecule is O=C(CN1CCCN(C(=O)[C@H]2CCCO2)CC1)NCc1cccs1. The van der Waals surface area contributed by atoms with Crippen molar-refractivity contribution >= 4 is 23.2 Å². The van der Waals surface area contributed by atoms with E-state index in [1.807, 2.05) is 22.4 Å². The molecule has 1 N–H and O–H groups in total. The van der Waals surface area contributed by atoms with Crippen molar-refractivity contribution in [2.45, 2.75) is 31.9 Å². The normalized spacial score (nSPS) is 22.3. The second kappa shape index (κ2) is 8.60. The highest BCUT2D eigenvalue weighted by Crippen LogP contribution is 2.16. The fourth-order valence-electron chi connectivity index (χ4n) is 3.18. The molecule has 0 saturated carbocycles. The molecule has 6 nitrogen and oxygen atoms in total. The van der Waals surface area contributed by atoms with E-state index in [1.54, 1.807) is 11.3 Å². The second-order valence-corrected chi connectivity index (χ2v) is 7.34. The average Bonchev–Trinajstić information content (AvgIpc) is 3.24. The molecular formula is C17H25N3O3S. The van der Waals surface area contributed by atoms with Gasteiger partial charge in [0.1, 0.15) is 6.10 Å². The van der Waals surface area contributed by atoms with Gasteiger partial charge in [0.25, 0.3) is 5.91 Å². The predicted octanol–water partition coefficient (Wildman–Crippen LogP) is 1.08. The molecule has 1 aromatic rings. The molecule has 24 heavy (non-hydrogen) atoms. The highest BCUT2D eigenvalue weighted by atomic mass is 32.1. The minimum Gasteiger partial charge on any atom is -0.368 e. The van der Waals surface area contributed by atoms with Crippen LogP contribution in [-0.2, 0) is 20.9 Å². The van der Waals surface area contributed by atoms with Crippen LogP contribution in [0.3, 0.4) is 0 Å². The molecule has 0 unspecified atom stereocenters. The zero-order valence-electron chi connectivity index (χ0n) is 13.9. The van der Waals surface area contributed by atoms with Gasteiger partial charge in [0.05, 0.1) is 13.1 Å². The first-order valence-electron chi connectivity index (χ1n) is 8.64. The summed E-state index contributed by atoms with van der Waals surface area (Å²) in [6.45, 7) is 4.71. The average molecular weight is 351 g/mol. The molecule has 7 heteroatoms. The number of carbonyl (C=O) groups excluding carboxylic acids is 2. The summed E-state index contributed by atoms with van der Waals surface area (Å²) in [6.07, 6.45) is 2.47. The predicted molar refractivity (Wildman–Crippen MR) is 92.8 cm³/mol. The lowest BCUT2D eigenvalue weighted by Crippen LogP contribution is -2.42. The zero-order valence-corrected chi connectivity index (χ0v) is 14.7. The molecule has 1 atom stereocenters. The molecule has 2 amide bonds. The quantitative estimate of drug-likeness (QED) is 0.862. The topological polar surface area (TPSA) is 61.9 Å². The number of amides is 2. The largest absolute Gasteiger partial charge is 0.368 e. The molecule has 2 aliphatic heterocycles. The maximum atomic E-state index is 12.4. The zero-order chi connectivity index (χ0) is 16.8. The van der Waals surface area contributed by atoms with E-state index in [9.17, 15) is 9.59 Å². The Morgan fingerprint density at radius 1 is 1.25 bits per heavy atom. The van der Waals surface area contributed by atoms with Crippen molar-refractivity contribution in [3.05, 3.63) is 22.4 Å². The second-order valence-electron chi connectivity index (χ2n) is 6.31. The van der Waals surface area contributed by atoms with Crippen LogP contribution in [0.2, 0.25) is 0 Å². The molecule has 2 saturated heterocycles. The third-order valence-electron chi connectivity index (χ3n) is 4.51. The Morgan fingerprint density at radius 2 is 2.17 bits per heavy atom. The standard InChI is InChI=1S/C17H25N3O3S/c21-16(18-12-14-4-2-11-24-14)13-19-6-3-7-20(9-8-19)17(22)15-5-1-10-23-15/h2,4,11,15H,1,3,5-10,12-13H2,(H,18,21)/t15-/m1/s1. The van der Waals surface area contributed by atoms with Gasteiger partial charge in [-0.05, 0) is 30.7 Å². The maximum Gasteiger partial charge on any atom is 0.251 e. The summed E-state index contributed by atoms with van der Waals surface area (Å²) < 4.78 is 5.50. The van der Waals surface area contributed by atoms with Crippen molar-refractivity contribution in [1.29, 1.82) is 0 Å². The molecule has 3 rings (SSSR count). The van der Waals surface area contributed by atoms with Crippen molar-refractivity contribution in [1.82, 2.24) is 15.1 Å². The molecule has 0 aromatic carbocycles. The first-order valence-corrected chi connectivity index (χ1v) is 9.52. The van der Waals surface area contributed by atoms with Gasteiger partial charge in [0.2, 0.25) is 5.91 Å². The molecule has 2 aliphatic rings. The van der Waals surface area contributed by atoms with Crippen LogP contribution in [-0.4, -0.2) is 67.0 Å². The molecule has 1 aromatic heterocycles. The highest BCUT2D eigenvalue weighted by molar-refractivity contribution is 7.09. The minimum absolute atomic E-state index is 0.0438. The summed E-state index contributed by atoms with van der Waals surface area (Å²) in [5, 5.41) is 4.97. The number of rotatable bonds is 5. The third kappa shape index (κ3) is 4.78. The van der Waals surface area contributed by atoms with Gasteiger partial charge in [-0.1, -0.05) is 6.07 Å². The number of hydrogen-bond acceptors (Lipinski definition) is 5. The van der Waals surface area contributed by atoms with E-state index < -0.39 is 0 Å². The molecule has 0 spiro atoms. The van der Waals surface area contributed by atoms with Gasteiger partial charge in [0, 0.05) is 37.7 Å². The van der Waals surface area contributed by atoms with Crippen LogP contribution in [0.5, 0.6) is 0 Å². The molecule has 0 aliphatic carbocycles. The van der Waals surface area contributed by atoms with Crippen molar-refractivity contribution < 1.29 is 14.3 Å². The smallest absolute Gasteiger partial charge is 0.251 e. The van der Waals surface area contributed by atoms with Crippen LogP contribution in [0.25, 0.3) is 0 Å². The molecule has 0 radical (unpaired) electrons. The fraction of sp³-hybridized carbons (Fsp3) is 0.647. The fourth-order valence-corrected chi connectivity index (χ4v) is 3.83. The van der Waals surface area contributed by atoms with Crippen molar-refractivity contribution in [3.63, 3.8) is 0 Å². The summed E-state index contributed by atoms with van der Waals surface area (Å²) in [4.78, 5) is 29.7. The van der Waals surface area contributed by atoms with E-state index in [0.29, 0.717) is 26.2 Å². The lowest BCUT2D eigenvalue weighted by atomic mass is 10.2. The van der Waals surface area contributed by atoms with Gasteiger partial charge >= 0.3 is 0 Å². The number of nitrogens with zero attached hydrogens (tertiary/aromatic N) is 2. The summed E-state index contributed by atoms with van der Waals surface area (Å²) in [6, 6.07) is 4.01. The molecule has 2 fully saturated rings. The first-order chi connectivity index (χ1) is 11.7.